The molecular formula is C19H14ClN3O5S. The fourth-order valence-corrected chi connectivity index (χ4v) is 4.46. The number of carbonyl (C=O) groups is 1. The van der Waals surface area contributed by atoms with Crippen LogP contribution in [0.1, 0.15) is 10.4 Å². The second kappa shape index (κ2) is 7.90. The Morgan fingerprint density at radius 3 is 2.34 bits per heavy atom. The van der Waals surface area contributed by atoms with Crippen LogP contribution in [0.15, 0.2) is 77.7 Å². The summed E-state index contributed by atoms with van der Waals surface area (Å²) in [6, 6.07) is 16.5. The van der Waals surface area contributed by atoms with Crippen LogP contribution in [0, 0.1) is 10.1 Å². The number of anilines is 2. The Morgan fingerprint density at radius 1 is 1.00 bits per heavy atom. The molecule has 0 fully saturated rings. The number of nitrogens with two attached hydrogens (primary N) is 1. The fourth-order valence-electron chi connectivity index (χ4n) is 2.73. The van der Waals surface area contributed by atoms with E-state index in [1.807, 2.05) is 0 Å². The summed E-state index contributed by atoms with van der Waals surface area (Å²) < 4.78 is 27.9. The first-order valence-electron chi connectivity index (χ1n) is 8.16. The molecule has 0 unspecified atom stereocenters. The minimum atomic E-state index is -4.37. The highest BCUT2D eigenvalue weighted by atomic mass is 35.5. The van der Waals surface area contributed by atoms with Crippen LogP contribution in [-0.4, -0.2) is 19.2 Å². The van der Waals surface area contributed by atoms with E-state index in [2.05, 4.69) is 0 Å². The molecule has 0 spiro atoms. The van der Waals surface area contributed by atoms with Crippen molar-refractivity contribution in [3.8, 4) is 0 Å². The zero-order valence-corrected chi connectivity index (χ0v) is 16.3. The molecule has 3 aromatic carbocycles. The number of rotatable bonds is 6. The number of sulfonamides is 1. The standard InChI is InChI=1S/C19H14ClN3O5S/c20-13-5-3-6-14(11-13)22(18-10-2-1-9-17(18)19(21)24)29(27,28)16-8-4-7-15(12-16)23(25)26/h1-12H,(H2,21,24). The maximum Gasteiger partial charge on any atom is 0.270 e. The molecule has 0 aliphatic carbocycles. The topological polar surface area (TPSA) is 124 Å². The lowest BCUT2D eigenvalue weighted by molar-refractivity contribution is -0.385. The molecule has 0 bridgehead atoms. The van der Waals surface area contributed by atoms with Gasteiger partial charge >= 0.3 is 0 Å². The van der Waals surface area contributed by atoms with E-state index in [0.29, 0.717) is 0 Å². The Labute approximate surface area is 171 Å². The number of benzene rings is 3. The lowest BCUT2D eigenvalue weighted by atomic mass is 10.1. The van der Waals surface area contributed by atoms with Gasteiger partial charge in [0.25, 0.3) is 21.6 Å². The fraction of sp³-hybridized carbons (Fsp3) is 0. The molecule has 0 atom stereocenters. The van der Waals surface area contributed by atoms with Crippen molar-refractivity contribution in [3.05, 3.63) is 93.5 Å². The number of nitro groups is 1. The van der Waals surface area contributed by atoms with Crippen molar-refractivity contribution in [1.82, 2.24) is 0 Å². The van der Waals surface area contributed by atoms with Crippen molar-refractivity contribution in [1.29, 1.82) is 0 Å². The normalized spacial score (nSPS) is 11.1. The van der Waals surface area contributed by atoms with Gasteiger partial charge in [-0.15, -0.1) is 0 Å². The first kappa shape index (κ1) is 20.3. The van der Waals surface area contributed by atoms with Crippen molar-refractivity contribution >= 4 is 44.6 Å². The molecule has 10 heteroatoms. The van der Waals surface area contributed by atoms with E-state index in [1.54, 1.807) is 24.3 Å². The Bertz CT molecular complexity index is 1210. The van der Waals surface area contributed by atoms with Gasteiger partial charge < -0.3 is 5.73 Å². The molecule has 29 heavy (non-hydrogen) atoms. The molecule has 0 heterocycles. The number of halogens is 1. The van der Waals surface area contributed by atoms with Gasteiger partial charge in [0.1, 0.15) is 0 Å². The third-order valence-corrected chi connectivity index (χ3v) is 5.97. The largest absolute Gasteiger partial charge is 0.366 e. The average molecular weight is 432 g/mol. The SMILES string of the molecule is NC(=O)c1ccccc1N(c1cccc(Cl)c1)S(=O)(=O)c1cccc([N+](=O)[O-])c1. The molecule has 0 aliphatic heterocycles. The number of primary amides is 1. The van der Waals surface area contributed by atoms with Crippen molar-refractivity contribution in [3.63, 3.8) is 0 Å². The monoisotopic (exact) mass is 431 g/mol. The molecule has 0 aliphatic rings. The van der Waals surface area contributed by atoms with Crippen molar-refractivity contribution in [2.24, 2.45) is 5.73 Å². The van der Waals surface area contributed by atoms with Crippen molar-refractivity contribution in [2.75, 3.05) is 4.31 Å². The minimum absolute atomic E-state index is 0.00577. The van der Waals surface area contributed by atoms with Crippen molar-refractivity contribution in [2.45, 2.75) is 4.90 Å². The van der Waals surface area contributed by atoms with E-state index in [-0.39, 0.29) is 32.5 Å². The van der Waals surface area contributed by atoms with Crippen LogP contribution in [0.25, 0.3) is 0 Å². The highest BCUT2D eigenvalue weighted by Gasteiger charge is 2.30. The molecule has 0 radical (unpaired) electrons. The van der Waals surface area contributed by atoms with Gasteiger partial charge in [0.05, 0.1) is 26.8 Å². The minimum Gasteiger partial charge on any atom is -0.366 e. The Hall–Kier alpha value is -3.43. The summed E-state index contributed by atoms with van der Waals surface area (Å²) in [6.07, 6.45) is 0. The third kappa shape index (κ3) is 4.05. The first-order valence-corrected chi connectivity index (χ1v) is 9.98. The van der Waals surface area contributed by atoms with Crippen LogP contribution in [0.4, 0.5) is 17.1 Å². The van der Waals surface area contributed by atoms with Gasteiger partial charge in [0.2, 0.25) is 0 Å². The maximum atomic E-state index is 13.5. The van der Waals surface area contributed by atoms with Gasteiger partial charge in [0.15, 0.2) is 0 Å². The lowest BCUT2D eigenvalue weighted by Gasteiger charge is -2.26. The van der Waals surface area contributed by atoms with E-state index in [0.717, 1.165) is 10.4 Å². The molecule has 0 saturated carbocycles. The number of nitro benzene ring substituents is 1. The summed E-state index contributed by atoms with van der Waals surface area (Å²) in [6.45, 7) is 0. The van der Waals surface area contributed by atoms with Crippen LogP contribution in [0.3, 0.4) is 0 Å². The summed E-state index contributed by atoms with van der Waals surface area (Å²) in [4.78, 5) is 22.0. The summed E-state index contributed by atoms with van der Waals surface area (Å²) in [5.74, 6) is -0.832. The molecular weight excluding hydrogens is 418 g/mol. The zero-order chi connectivity index (χ0) is 21.2. The van der Waals surface area contributed by atoms with Crippen LogP contribution in [0.2, 0.25) is 5.02 Å². The Morgan fingerprint density at radius 2 is 1.69 bits per heavy atom. The first-order chi connectivity index (χ1) is 13.7. The molecule has 1 amide bonds. The molecule has 8 nitrogen and oxygen atoms in total. The highest BCUT2D eigenvalue weighted by Crippen LogP contribution is 2.36. The van der Waals surface area contributed by atoms with E-state index in [9.17, 15) is 23.3 Å². The Balaban J connectivity index is 2.31. The quantitative estimate of drug-likeness (QED) is 0.468. The smallest absolute Gasteiger partial charge is 0.270 e. The van der Waals surface area contributed by atoms with Gasteiger partial charge in [-0.2, -0.15) is 0 Å². The number of hydrogen-bond acceptors (Lipinski definition) is 5. The second-order valence-corrected chi connectivity index (χ2v) is 8.11. The van der Waals surface area contributed by atoms with Crippen LogP contribution in [-0.2, 0) is 10.0 Å². The third-order valence-electron chi connectivity index (χ3n) is 4.00. The van der Waals surface area contributed by atoms with Crippen LogP contribution in [0.5, 0.6) is 0 Å². The number of hydrogen-bond donors (Lipinski definition) is 1. The van der Waals surface area contributed by atoms with Crippen molar-refractivity contribution < 1.29 is 18.1 Å². The lowest BCUT2D eigenvalue weighted by Crippen LogP contribution is -2.29. The number of para-hydroxylation sites is 1. The number of nitrogens with zero attached hydrogens (tertiary/aromatic N) is 2. The number of non-ortho nitro benzene ring substituents is 1. The zero-order valence-electron chi connectivity index (χ0n) is 14.7. The number of amides is 1. The molecule has 0 aromatic heterocycles. The van der Waals surface area contributed by atoms with Gasteiger partial charge in [-0.25, -0.2) is 12.7 Å². The summed E-state index contributed by atoms with van der Waals surface area (Å²) in [7, 11) is -4.37. The van der Waals surface area contributed by atoms with Gasteiger partial charge in [0, 0.05) is 17.2 Å². The summed E-state index contributed by atoms with van der Waals surface area (Å²) in [5, 5.41) is 11.4. The molecule has 0 saturated heterocycles. The maximum absolute atomic E-state index is 13.5. The van der Waals surface area contributed by atoms with E-state index in [1.165, 1.54) is 42.5 Å². The predicted octanol–water partition coefficient (Wildman–Crippen LogP) is 3.87. The molecule has 3 aromatic rings. The van der Waals surface area contributed by atoms with Gasteiger partial charge in [-0.3, -0.25) is 14.9 Å². The molecule has 148 valence electrons. The molecule has 2 N–H and O–H groups in total. The summed E-state index contributed by atoms with van der Waals surface area (Å²) in [5.41, 5.74) is 5.13. The van der Waals surface area contributed by atoms with Gasteiger partial charge in [-0.05, 0) is 36.4 Å². The van der Waals surface area contributed by atoms with Crippen LogP contribution >= 0.6 is 11.6 Å². The molecule has 3 rings (SSSR count). The van der Waals surface area contributed by atoms with E-state index in [4.69, 9.17) is 17.3 Å². The predicted molar refractivity (Wildman–Crippen MR) is 109 cm³/mol. The van der Waals surface area contributed by atoms with E-state index < -0.39 is 20.9 Å². The average Bonchev–Trinajstić information content (AvgIpc) is 2.68. The highest BCUT2D eigenvalue weighted by molar-refractivity contribution is 7.93. The second-order valence-electron chi connectivity index (χ2n) is 5.89. The number of carbonyl (C=O) groups excluding carboxylic acids is 1. The van der Waals surface area contributed by atoms with Gasteiger partial charge in [-0.1, -0.05) is 35.9 Å². The van der Waals surface area contributed by atoms with Crippen LogP contribution < -0.4 is 10.0 Å². The van der Waals surface area contributed by atoms with E-state index >= 15 is 0 Å². The summed E-state index contributed by atoms with van der Waals surface area (Å²) >= 11 is 6.04. The Kier molecular flexibility index (Phi) is 5.53.